The number of anilines is 1. The predicted molar refractivity (Wildman–Crippen MR) is 58.8 cm³/mol. The highest BCUT2D eigenvalue weighted by Gasteiger charge is 2.22. The lowest BCUT2D eigenvalue weighted by atomic mass is 10.1. The van der Waals surface area contributed by atoms with Gasteiger partial charge in [-0.1, -0.05) is 0 Å². The number of carbonyl (C=O) groups is 1. The highest BCUT2D eigenvalue weighted by atomic mass is 16.5. The SMILES string of the molecule is Nc1nc(C2CCOC2)[nH]c(=O)c1CC(=O)O. The molecule has 2 rings (SSSR count). The number of ether oxygens (including phenoxy) is 1. The van der Waals surface area contributed by atoms with Gasteiger partial charge in [0.15, 0.2) is 0 Å². The molecule has 0 saturated carbocycles. The Morgan fingerprint density at radius 2 is 2.41 bits per heavy atom. The monoisotopic (exact) mass is 239 g/mol. The van der Waals surface area contributed by atoms with Crippen LogP contribution in [0.3, 0.4) is 0 Å². The first-order valence-corrected chi connectivity index (χ1v) is 5.26. The largest absolute Gasteiger partial charge is 0.481 e. The van der Waals surface area contributed by atoms with Crippen LogP contribution in [-0.4, -0.2) is 34.3 Å². The van der Waals surface area contributed by atoms with E-state index < -0.39 is 17.9 Å². The predicted octanol–water partition coefficient (Wildman–Crippen LogP) is -0.517. The van der Waals surface area contributed by atoms with E-state index in [0.29, 0.717) is 19.0 Å². The number of carboxylic acid groups (broad SMARTS) is 1. The van der Waals surface area contributed by atoms with Crippen LogP contribution in [0.25, 0.3) is 0 Å². The van der Waals surface area contributed by atoms with E-state index in [4.69, 9.17) is 15.6 Å². The molecule has 1 saturated heterocycles. The Labute approximate surface area is 96.6 Å². The molecule has 1 fully saturated rings. The van der Waals surface area contributed by atoms with Crippen molar-refractivity contribution in [3.05, 3.63) is 21.7 Å². The summed E-state index contributed by atoms with van der Waals surface area (Å²) in [7, 11) is 0. The average molecular weight is 239 g/mol. The molecule has 92 valence electrons. The minimum Gasteiger partial charge on any atom is -0.481 e. The Morgan fingerprint density at radius 1 is 1.65 bits per heavy atom. The molecule has 1 aliphatic heterocycles. The zero-order valence-corrected chi connectivity index (χ0v) is 9.10. The standard InChI is InChI=1S/C10H13N3O4/c11-8-6(3-7(14)15)10(16)13-9(12-8)5-1-2-17-4-5/h5H,1-4H2,(H,14,15)(H3,11,12,13,16). The van der Waals surface area contributed by atoms with Crippen LogP contribution in [0.2, 0.25) is 0 Å². The van der Waals surface area contributed by atoms with Crippen LogP contribution in [0, 0.1) is 0 Å². The number of aromatic nitrogens is 2. The molecule has 7 heteroatoms. The van der Waals surface area contributed by atoms with Crippen LogP contribution in [0.1, 0.15) is 23.7 Å². The van der Waals surface area contributed by atoms with Gasteiger partial charge in [0, 0.05) is 12.5 Å². The molecule has 0 bridgehead atoms. The second-order valence-corrected chi connectivity index (χ2v) is 3.95. The first-order chi connectivity index (χ1) is 8.08. The van der Waals surface area contributed by atoms with Crippen molar-refractivity contribution in [2.75, 3.05) is 18.9 Å². The van der Waals surface area contributed by atoms with E-state index >= 15 is 0 Å². The number of nitrogens with two attached hydrogens (primary N) is 1. The summed E-state index contributed by atoms with van der Waals surface area (Å²) in [6.07, 6.45) is 0.357. The van der Waals surface area contributed by atoms with Gasteiger partial charge in [-0.3, -0.25) is 9.59 Å². The van der Waals surface area contributed by atoms with Crippen molar-refractivity contribution in [3.63, 3.8) is 0 Å². The molecule has 1 unspecified atom stereocenters. The molecule has 1 aromatic rings. The van der Waals surface area contributed by atoms with Crippen molar-refractivity contribution in [3.8, 4) is 0 Å². The smallest absolute Gasteiger partial charge is 0.308 e. The van der Waals surface area contributed by atoms with Gasteiger partial charge in [-0.25, -0.2) is 4.98 Å². The average Bonchev–Trinajstić information content (AvgIpc) is 2.76. The number of nitrogen functional groups attached to an aromatic ring is 1. The summed E-state index contributed by atoms with van der Waals surface area (Å²) in [5.41, 5.74) is 5.12. The summed E-state index contributed by atoms with van der Waals surface area (Å²) in [5, 5.41) is 8.64. The molecule has 17 heavy (non-hydrogen) atoms. The summed E-state index contributed by atoms with van der Waals surface area (Å²) in [6, 6.07) is 0. The van der Waals surface area contributed by atoms with Gasteiger partial charge in [0.1, 0.15) is 11.6 Å². The molecule has 0 radical (unpaired) electrons. The van der Waals surface area contributed by atoms with Gasteiger partial charge in [0.25, 0.3) is 5.56 Å². The van der Waals surface area contributed by atoms with E-state index in [1.807, 2.05) is 0 Å². The Morgan fingerprint density at radius 3 is 2.94 bits per heavy atom. The normalized spacial score (nSPS) is 19.4. The molecule has 0 aromatic carbocycles. The van der Waals surface area contributed by atoms with Gasteiger partial charge >= 0.3 is 5.97 Å². The fourth-order valence-electron chi connectivity index (χ4n) is 1.80. The van der Waals surface area contributed by atoms with Crippen molar-refractivity contribution in [2.45, 2.75) is 18.8 Å². The van der Waals surface area contributed by atoms with Gasteiger partial charge in [-0.2, -0.15) is 0 Å². The number of H-pyrrole nitrogens is 1. The summed E-state index contributed by atoms with van der Waals surface area (Å²) < 4.78 is 5.19. The maximum Gasteiger partial charge on any atom is 0.308 e. The number of carboxylic acids is 1. The minimum absolute atomic E-state index is 0.000153. The number of aromatic amines is 1. The minimum atomic E-state index is -1.11. The molecular formula is C10H13N3O4. The molecular weight excluding hydrogens is 226 g/mol. The molecule has 1 atom stereocenters. The molecule has 1 aliphatic rings. The third kappa shape index (κ3) is 2.44. The van der Waals surface area contributed by atoms with Crippen molar-refractivity contribution in [2.24, 2.45) is 0 Å². The van der Waals surface area contributed by atoms with E-state index in [-0.39, 0.29) is 17.3 Å². The summed E-state index contributed by atoms with van der Waals surface area (Å²) in [5.74, 6) is -0.623. The number of aliphatic carboxylic acids is 1. The fraction of sp³-hybridized carbons (Fsp3) is 0.500. The number of rotatable bonds is 3. The van der Waals surface area contributed by atoms with Gasteiger partial charge in [-0.05, 0) is 6.42 Å². The van der Waals surface area contributed by atoms with Gasteiger partial charge < -0.3 is 20.6 Å². The van der Waals surface area contributed by atoms with Crippen LogP contribution >= 0.6 is 0 Å². The van der Waals surface area contributed by atoms with Crippen LogP contribution in [0.5, 0.6) is 0 Å². The third-order valence-electron chi connectivity index (χ3n) is 2.71. The maximum absolute atomic E-state index is 11.7. The Kier molecular flexibility index (Phi) is 3.10. The molecule has 1 aromatic heterocycles. The lowest BCUT2D eigenvalue weighted by Crippen LogP contribution is -2.23. The second kappa shape index (κ2) is 4.54. The van der Waals surface area contributed by atoms with Gasteiger partial charge in [0.05, 0.1) is 18.6 Å². The summed E-state index contributed by atoms with van der Waals surface area (Å²) in [6.45, 7) is 1.13. The lowest BCUT2D eigenvalue weighted by Gasteiger charge is -2.09. The van der Waals surface area contributed by atoms with Crippen LogP contribution < -0.4 is 11.3 Å². The Balaban J connectivity index is 2.34. The quantitative estimate of drug-likeness (QED) is 0.653. The van der Waals surface area contributed by atoms with Crippen molar-refractivity contribution in [1.29, 1.82) is 0 Å². The van der Waals surface area contributed by atoms with E-state index in [9.17, 15) is 9.59 Å². The van der Waals surface area contributed by atoms with Crippen molar-refractivity contribution < 1.29 is 14.6 Å². The van der Waals surface area contributed by atoms with Crippen LogP contribution in [0.4, 0.5) is 5.82 Å². The van der Waals surface area contributed by atoms with Crippen molar-refractivity contribution in [1.82, 2.24) is 9.97 Å². The van der Waals surface area contributed by atoms with E-state index in [0.717, 1.165) is 6.42 Å². The third-order valence-corrected chi connectivity index (χ3v) is 2.71. The number of nitrogens with zero attached hydrogens (tertiary/aromatic N) is 1. The summed E-state index contributed by atoms with van der Waals surface area (Å²) >= 11 is 0. The first-order valence-electron chi connectivity index (χ1n) is 5.26. The second-order valence-electron chi connectivity index (χ2n) is 3.95. The molecule has 7 nitrogen and oxygen atoms in total. The van der Waals surface area contributed by atoms with Crippen LogP contribution in [0.15, 0.2) is 4.79 Å². The van der Waals surface area contributed by atoms with Crippen molar-refractivity contribution >= 4 is 11.8 Å². The van der Waals surface area contributed by atoms with E-state index in [2.05, 4.69) is 9.97 Å². The van der Waals surface area contributed by atoms with Gasteiger partial charge in [-0.15, -0.1) is 0 Å². The fourth-order valence-corrected chi connectivity index (χ4v) is 1.80. The number of hydrogen-bond donors (Lipinski definition) is 3. The summed E-state index contributed by atoms with van der Waals surface area (Å²) in [4.78, 5) is 28.9. The molecule has 0 aliphatic carbocycles. The molecule has 0 amide bonds. The highest BCUT2D eigenvalue weighted by Crippen LogP contribution is 2.22. The first kappa shape index (κ1) is 11.6. The zero-order valence-electron chi connectivity index (χ0n) is 9.10. The topological polar surface area (TPSA) is 118 Å². The van der Waals surface area contributed by atoms with Gasteiger partial charge in [0.2, 0.25) is 0 Å². The maximum atomic E-state index is 11.7. The van der Waals surface area contributed by atoms with E-state index in [1.165, 1.54) is 0 Å². The zero-order chi connectivity index (χ0) is 12.4. The molecule has 0 spiro atoms. The molecule has 2 heterocycles. The highest BCUT2D eigenvalue weighted by molar-refractivity contribution is 5.71. The lowest BCUT2D eigenvalue weighted by molar-refractivity contribution is -0.136. The Bertz CT molecular complexity index is 491. The molecule has 4 N–H and O–H groups in total. The number of hydrogen-bond acceptors (Lipinski definition) is 5. The van der Waals surface area contributed by atoms with E-state index in [1.54, 1.807) is 0 Å². The Hall–Kier alpha value is -1.89. The van der Waals surface area contributed by atoms with Crippen LogP contribution in [-0.2, 0) is 16.0 Å². The number of nitrogens with one attached hydrogen (secondary N) is 1.